The van der Waals surface area contributed by atoms with Crippen LogP contribution in [0.5, 0.6) is 69.0 Å². The average molecular weight is 993 g/mol. The summed E-state index contributed by atoms with van der Waals surface area (Å²) in [6, 6.07) is 2.40. The highest BCUT2D eigenvalue weighted by Crippen LogP contribution is 2.61. The molecule has 8 atom stereocenters. The maximum Gasteiger partial charge on any atom is 0.341 e. The zero-order valence-corrected chi connectivity index (χ0v) is 35.4. The van der Waals surface area contributed by atoms with Gasteiger partial charge >= 0.3 is 29.8 Å². The largest absolute Gasteiger partial charge is 0.504 e. The third kappa shape index (κ3) is 6.88. The predicted octanol–water partition coefficient (Wildman–Crippen LogP) is -0.0722. The number of phenols is 11. The van der Waals surface area contributed by atoms with Crippen LogP contribution in [-0.4, -0.2) is 156 Å². The van der Waals surface area contributed by atoms with Crippen LogP contribution in [0.4, 0.5) is 0 Å². The zero-order valence-electron chi connectivity index (χ0n) is 35.4. The number of Topliss-reactive ketones (excluding diaryl/α,β-unsaturated/α-hetero) is 1. The van der Waals surface area contributed by atoms with Crippen molar-refractivity contribution in [2.75, 3.05) is 6.61 Å². The second-order valence-corrected chi connectivity index (χ2v) is 16.5. The molecule has 0 amide bonds. The van der Waals surface area contributed by atoms with Crippen LogP contribution < -0.4 is 4.74 Å². The molecule has 4 aromatic rings. The van der Waals surface area contributed by atoms with Gasteiger partial charge in [-0.25, -0.2) is 24.0 Å². The number of fused-ring (bicyclic) bond motifs is 9. The topological polar surface area (TPSA) is 447 Å². The highest BCUT2D eigenvalue weighted by atomic mass is 16.7. The van der Waals surface area contributed by atoms with Gasteiger partial charge in [-0.3, -0.25) is 9.59 Å². The summed E-state index contributed by atoms with van der Waals surface area (Å²) >= 11 is 0. The molecule has 0 aromatic heterocycles. The fraction of sp³-hybridized carbons (Fsp3) is 0.250. The molecule has 0 radical (unpaired) electrons. The number of hydrogen-bond donors (Lipinski definition) is 13. The Labute approximate surface area is 391 Å². The number of aliphatic hydroxyl groups is 2. The maximum atomic E-state index is 14.8. The van der Waals surface area contributed by atoms with Gasteiger partial charge in [0.05, 0.1) is 33.7 Å². The van der Waals surface area contributed by atoms with E-state index in [4.69, 9.17) is 33.2 Å². The Hall–Kier alpha value is -9.21. The fourth-order valence-electron chi connectivity index (χ4n) is 8.90. The average Bonchev–Trinajstić information content (AvgIpc) is 3.63. The van der Waals surface area contributed by atoms with Gasteiger partial charge in [0.15, 0.2) is 75.3 Å². The molecule has 0 spiro atoms. The number of ether oxygens (including phenoxy) is 7. The molecule has 4 aliphatic heterocycles. The number of benzene rings is 4. The lowest BCUT2D eigenvalue weighted by Crippen LogP contribution is -2.67. The Bertz CT molecular complexity index is 3150. The smallest absolute Gasteiger partial charge is 0.341 e. The monoisotopic (exact) mass is 992 g/mol. The van der Waals surface area contributed by atoms with Crippen LogP contribution in [-0.2, 0) is 42.8 Å². The van der Waals surface area contributed by atoms with Gasteiger partial charge in [0.2, 0.25) is 29.6 Å². The normalized spacial score (nSPS) is 26.4. The summed E-state index contributed by atoms with van der Waals surface area (Å²) in [6.45, 7) is -0.420. The highest BCUT2D eigenvalue weighted by molar-refractivity contribution is 6.11. The van der Waals surface area contributed by atoms with Crippen molar-refractivity contribution in [3.05, 3.63) is 69.8 Å². The van der Waals surface area contributed by atoms with Crippen molar-refractivity contribution in [3.8, 4) is 80.1 Å². The number of ketones is 2. The molecule has 4 bridgehead atoms. The summed E-state index contributed by atoms with van der Waals surface area (Å²) in [7, 11) is 0. The molecular weight excluding hydrogens is 960 g/mol. The molecule has 1 aliphatic carbocycles. The molecule has 5 aliphatic rings. The number of cyclic esters (lactones) is 1. The molecule has 0 saturated carbocycles. The van der Waals surface area contributed by atoms with E-state index in [0.717, 1.165) is 6.92 Å². The maximum absolute atomic E-state index is 14.8. The Balaban J connectivity index is 1.29. The number of hydrogen-bond acceptors (Lipinski definition) is 27. The number of rotatable bonds is 4. The third-order valence-corrected chi connectivity index (χ3v) is 12.2. The van der Waals surface area contributed by atoms with Crippen LogP contribution >= 0.6 is 0 Å². The molecule has 13 N–H and O–H groups in total. The van der Waals surface area contributed by atoms with Crippen LogP contribution in [0.25, 0.3) is 11.1 Å². The first-order valence-corrected chi connectivity index (χ1v) is 20.2. The second-order valence-electron chi connectivity index (χ2n) is 16.5. The molecule has 4 aromatic carbocycles. The van der Waals surface area contributed by atoms with E-state index in [9.17, 15) is 99.9 Å². The molecule has 4 heterocycles. The van der Waals surface area contributed by atoms with Gasteiger partial charge in [0.1, 0.15) is 18.5 Å². The second kappa shape index (κ2) is 15.9. The minimum atomic E-state index is -3.55. The summed E-state index contributed by atoms with van der Waals surface area (Å²) in [5.41, 5.74) is -11.4. The van der Waals surface area contributed by atoms with E-state index in [2.05, 4.69) is 0 Å². The van der Waals surface area contributed by atoms with Gasteiger partial charge in [0.25, 0.3) is 5.79 Å². The van der Waals surface area contributed by atoms with Crippen LogP contribution in [0.2, 0.25) is 0 Å². The number of carbonyl (C=O) groups excluding carboxylic acids is 7. The lowest BCUT2D eigenvalue weighted by molar-refractivity contribution is -0.286. The third-order valence-electron chi connectivity index (χ3n) is 12.2. The zero-order chi connectivity index (χ0) is 51.7. The fourth-order valence-corrected chi connectivity index (χ4v) is 8.90. The van der Waals surface area contributed by atoms with Gasteiger partial charge in [-0.05, 0) is 43.3 Å². The van der Waals surface area contributed by atoms with Crippen molar-refractivity contribution in [2.24, 2.45) is 0 Å². The molecule has 27 nitrogen and oxygen atoms in total. The van der Waals surface area contributed by atoms with Crippen LogP contribution in [0.15, 0.2) is 42.0 Å². The molecule has 1 saturated heterocycles. The molecule has 27 heteroatoms. The Morgan fingerprint density at radius 1 is 0.634 bits per heavy atom. The van der Waals surface area contributed by atoms with Crippen LogP contribution in [0.3, 0.4) is 0 Å². The van der Waals surface area contributed by atoms with Crippen LogP contribution in [0.1, 0.15) is 66.3 Å². The number of phenolic OH excluding ortho intramolecular Hbond substituents is 11. The first-order chi connectivity index (χ1) is 33.3. The van der Waals surface area contributed by atoms with Crippen molar-refractivity contribution in [2.45, 2.75) is 61.4 Å². The number of esters is 5. The minimum absolute atomic E-state index is 0.362. The van der Waals surface area contributed by atoms with Crippen molar-refractivity contribution < 1.29 is 133 Å². The van der Waals surface area contributed by atoms with Gasteiger partial charge < -0.3 is 99.5 Å². The number of carbonyl (C=O) groups is 7. The molecule has 0 unspecified atom stereocenters. The van der Waals surface area contributed by atoms with Gasteiger partial charge in [0, 0.05) is 23.1 Å². The summed E-state index contributed by atoms with van der Waals surface area (Å²) < 4.78 is 39.7. The van der Waals surface area contributed by atoms with E-state index in [0.29, 0.717) is 36.4 Å². The lowest BCUT2D eigenvalue weighted by Gasteiger charge is -2.45. The van der Waals surface area contributed by atoms with Crippen molar-refractivity contribution in [3.63, 3.8) is 0 Å². The molecule has 71 heavy (non-hydrogen) atoms. The van der Waals surface area contributed by atoms with Crippen molar-refractivity contribution in [1.29, 1.82) is 0 Å². The molecule has 1 fully saturated rings. The first-order valence-electron chi connectivity index (χ1n) is 20.2. The van der Waals surface area contributed by atoms with Crippen LogP contribution in [0, 0.1) is 0 Å². The first kappa shape index (κ1) is 46.9. The van der Waals surface area contributed by atoms with Gasteiger partial charge in [-0.1, -0.05) is 0 Å². The van der Waals surface area contributed by atoms with Crippen molar-refractivity contribution in [1.82, 2.24) is 0 Å². The standard InChI is InChI=1S/C44H32O27/c1-10(45)8-43(63)22(51)7-15-26-25-14(6-20(50)30(55)34(25)71-44(26,43)64)39(60)69-36-35(68-37(58)11-2-16(46)27(52)17(47)3-11)33(67-41(15)62)21-9-65-38(59)12-4-18(48)28(53)31(56)23(12)24-13(40(61)70-42(36)66-21)5-19(49)29(54)32(24)57/h2-7,21,26,33,35-36,42,46-50,52-57,63-64H,8-9H2,1H3/t21-,26+,33-,35+,36-,42+,43-,44-/m1/s1. The molecular formula is C44H32O27. The Kier molecular flexibility index (Phi) is 10.5. The van der Waals surface area contributed by atoms with Crippen molar-refractivity contribution >= 4 is 41.4 Å². The molecule has 9 rings (SSSR count). The minimum Gasteiger partial charge on any atom is -0.504 e. The van der Waals surface area contributed by atoms with E-state index in [1.807, 2.05) is 0 Å². The quantitative estimate of drug-likeness (QED) is 0.0723. The highest BCUT2D eigenvalue weighted by Gasteiger charge is 2.71. The Morgan fingerprint density at radius 2 is 1.15 bits per heavy atom. The summed E-state index contributed by atoms with van der Waals surface area (Å²) in [5.74, 6) is -32.4. The van der Waals surface area contributed by atoms with Gasteiger partial charge in [-0.2, -0.15) is 0 Å². The number of aromatic hydroxyl groups is 11. The van der Waals surface area contributed by atoms with E-state index in [-0.39, 0.29) is 0 Å². The van der Waals surface area contributed by atoms with E-state index in [1.54, 1.807) is 0 Å². The predicted molar refractivity (Wildman–Crippen MR) is 217 cm³/mol. The Morgan fingerprint density at radius 3 is 1.75 bits per heavy atom. The lowest BCUT2D eigenvalue weighted by atomic mass is 9.67. The summed E-state index contributed by atoms with van der Waals surface area (Å²) in [5, 5.41) is 141. The summed E-state index contributed by atoms with van der Waals surface area (Å²) in [6.07, 6.45) is -13.2. The SMILES string of the molecule is CC(=O)C[C@@]1(O)C(=O)C=C2C(=O)O[C@H]3[C@H](OC(=O)c4cc(O)c(O)c(O)c4)[C@@H](OC(=O)c4cc(O)c(O)c5c4[C@H]2[C@@]1(O)O5)[C@@H]1OC(=O)c2cc(O)c(O)c(O)c2-c2c(cc(O)c(O)c2O)C(=O)OC[C@H]3O1. The van der Waals surface area contributed by atoms with E-state index in [1.165, 1.54) is 0 Å². The summed E-state index contributed by atoms with van der Waals surface area (Å²) in [4.78, 5) is 98.4. The molecule has 370 valence electrons. The van der Waals surface area contributed by atoms with E-state index < -0.39 is 216 Å². The van der Waals surface area contributed by atoms with Gasteiger partial charge in [-0.15, -0.1) is 0 Å². The van der Waals surface area contributed by atoms with E-state index >= 15 is 0 Å².